The van der Waals surface area contributed by atoms with Gasteiger partial charge in [0.05, 0.1) is 13.2 Å². The van der Waals surface area contributed by atoms with Gasteiger partial charge in [0.25, 0.3) is 0 Å². The molecule has 0 aliphatic carbocycles. The molecule has 0 spiro atoms. The predicted octanol–water partition coefficient (Wildman–Crippen LogP) is 4.77. The Hall–Kier alpha value is -2.13. The predicted molar refractivity (Wildman–Crippen MR) is 92.3 cm³/mol. The van der Waals surface area contributed by atoms with Crippen LogP contribution in [0.2, 0.25) is 0 Å². The van der Waals surface area contributed by atoms with E-state index >= 15 is 0 Å². The molecule has 2 aromatic carbocycles. The third-order valence-corrected chi connectivity index (χ3v) is 3.43. The zero-order chi connectivity index (χ0) is 16.3. The zero-order valence-corrected chi connectivity index (χ0v) is 13.6. The van der Waals surface area contributed by atoms with Crippen LogP contribution in [0.5, 0.6) is 0 Å². The second-order valence-electron chi connectivity index (χ2n) is 5.49. The lowest BCUT2D eigenvalue weighted by molar-refractivity contribution is 0.147. The van der Waals surface area contributed by atoms with Crippen molar-refractivity contribution in [2.24, 2.45) is 0 Å². The fourth-order valence-corrected chi connectivity index (χ4v) is 2.37. The number of ether oxygens (including phenoxy) is 1. The molecule has 3 heteroatoms. The number of halogens is 1. The number of nitrogens with zero attached hydrogens (tertiary/aromatic N) is 1. The first-order chi connectivity index (χ1) is 11.3. The molecule has 0 radical (unpaired) electrons. The first kappa shape index (κ1) is 17.2. The molecular formula is C20H24FNO. The van der Waals surface area contributed by atoms with E-state index < -0.39 is 0 Å². The molecule has 2 aromatic rings. The summed E-state index contributed by atoms with van der Waals surface area (Å²) in [5.74, 6) is -0.186. The number of hydrogen-bond donors (Lipinski definition) is 0. The van der Waals surface area contributed by atoms with Crippen LogP contribution in [-0.4, -0.2) is 18.1 Å². The monoisotopic (exact) mass is 313 g/mol. The molecule has 0 atom stereocenters. The highest BCUT2D eigenvalue weighted by molar-refractivity contribution is 5.16. The second kappa shape index (κ2) is 9.80. The van der Waals surface area contributed by atoms with Crippen molar-refractivity contribution in [3.05, 3.63) is 83.8 Å². The van der Waals surface area contributed by atoms with E-state index in [0.717, 1.165) is 18.5 Å². The maximum atomic E-state index is 13.3. The summed E-state index contributed by atoms with van der Waals surface area (Å²) in [6, 6.07) is 16.9. The van der Waals surface area contributed by atoms with Crippen LogP contribution in [0.4, 0.5) is 4.39 Å². The molecule has 0 unspecified atom stereocenters. The zero-order valence-electron chi connectivity index (χ0n) is 13.6. The van der Waals surface area contributed by atoms with E-state index in [-0.39, 0.29) is 5.82 Å². The summed E-state index contributed by atoms with van der Waals surface area (Å²) >= 11 is 0. The van der Waals surface area contributed by atoms with Crippen molar-refractivity contribution >= 4 is 0 Å². The molecule has 23 heavy (non-hydrogen) atoms. The largest absolute Gasteiger partial charge is 0.373 e. The lowest BCUT2D eigenvalue weighted by atomic mass is 10.2. The van der Waals surface area contributed by atoms with Gasteiger partial charge in [0.15, 0.2) is 0 Å². The van der Waals surface area contributed by atoms with Crippen molar-refractivity contribution in [1.29, 1.82) is 0 Å². The molecule has 0 aromatic heterocycles. The highest BCUT2D eigenvalue weighted by atomic mass is 19.1. The van der Waals surface area contributed by atoms with E-state index in [9.17, 15) is 4.39 Å². The molecule has 0 saturated carbocycles. The quantitative estimate of drug-likeness (QED) is 0.618. The van der Waals surface area contributed by atoms with Crippen LogP contribution in [0.25, 0.3) is 0 Å². The third kappa shape index (κ3) is 6.66. The van der Waals surface area contributed by atoms with Crippen LogP contribution in [0.1, 0.15) is 24.5 Å². The normalized spacial score (nSPS) is 11.0. The maximum absolute atomic E-state index is 13.3. The van der Waals surface area contributed by atoms with Crippen molar-refractivity contribution < 1.29 is 9.13 Å². The third-order valence-electron chi connectivity index (χ3n) is 3.43. The highest BCUT2D eigenvalue weighted by Crippen LogP contribution is 2.08. The molecule has 122 valence electrons. The highest BCUT2D eigenvalue weighted by Gasteiger charge is 2.01. The molecule has 0 saturated heterocycles. The van der Waals surface area contributed by atoms with Crippen molar-refractivity contribution in [2.75, 3.05) is 13.2 Å². The van der Waals surface area contributed by atoms with Gasteiger partial charge in [0, 0.05) is 13.1 Å². The first-order valence-electron chi connectivity index (χ1n) is 8.04. The SMILES string of the molecule is CCCN(/C=C\COCc1ccccc1)Cc1cccc(F)c1. The van der Waals surface area contributed by atoms with Crippen molar-refractivity contribution in [1.82, 2.24) is 4.90 Å². The Bertz CT molecular complexity index is 598. The average Bonchev–Trinajstić information content (AvgIpc) is 2.56. The topological polar surface area (TPSA) is 12.5 Å². The summed E-state index contributed by atoms with van der Waals surface area (Å²) in [4.78, 5) is 2.18. The van der Waals surface area contributed by atoms with Gasteiger partial charge >= 0.3 is 0 Å². The van der Waals surface area contributed by atoms with E-state index in [2.05, 4.69) is 24.0 Å². The Balaban J connectivity index is 1.79. The van der Waals surface area contributed by atoms with Gasteiger partial charge in [-0.25, -0.2) is 4.39 Å². The molecular weight excluding hydrogens is 289 g/mol. The van der Waals surface area contributed by atoms with Gasteiger partial charge in [0.1, 0.15) is 5.82 Å². The first-order valence-corrected chi connectivity index (χ1v) is 8.04. The fourth-order valence-electron chi connectivity index (χ4n) is 2.37. The molecule has 0 fully saturated rings. The Morgan fingerprint density at radius 2 is 1.83 bits per heavy atom. The van der Waals surface area contributed by atoms with Crippen LogP contribution >= 0.6 is 0 Å². The van der Waals surface area contributed by atoms with Crippen LogP contribution in [0, 0.1) is 5.82 Å². The van der Waals surface area contributed by atoms with E-state index in [1.54, 1.807) is 12.1 Å². The minimum atomic E-state index is -0.186. The summed E-state index contributed by atoms with van der Waals surface area (Å²) in [6.07, 6.45) is 5.10. The summed E-state index contributed by atoms with van der Waals surface area (Å²) < 4.78 is 18.9. The molecule has 2 rings (SSSR count). The Labute approximate surface area is 138 Å². The number of benzene rings is 2. The van der Waals surface area contributed by atoms with Gasteiger partial charge in [-0.05, 0) is 42.0 Å². The number of rotatable bonds is 9. The van der Waals surface area contributed by atoms with E-state index in [4.69, 9.17) is 4.74 Å². The second-order valence-corrected chi connectivity index (χ2v) is 5.49. The molecule has 0 heterocycles. The van der Waals surface area contributed by atoms with Crippen molar-refractivity contribution in [3.63, 3.8) is 0 Å². The van der Waals surface area contributed by atoms with Gasteiger partial charge in [-0.2, -0.15) is 0 Å². The molecule has 0 amide bonds. The van der Waals surface area contributed by atoms with E-state index in [1.807, 2.05) is 36.5 Å². The van der Waals surface area contributed by atoms with E-state index in [0.29, 0.717) is 19.8 Å². The van der Waals surface area contributed by atoms with Crippen molar-refractivity contribution in [2.45, 2.75) is 26.5 Å². The van der Waals surface area contributed by atoms with Crippen LogP contribution < -0.4 is 0 Å². The van der Waals surface area contributed by atoms with Gasteiger partial charge in [-0.3, -0.25) is 0 Å². The molecule has 0 aliphatic rings. The minimum absolute atomic E-state index is 0.186. The fraction of sp³-hybridized carbons (Fsp3) is 0.300. The van der Waals surface area contributed by atoms with Gasteiger partial charge < -0.3 is 9.64 Å². The smallest absolute Gasteiger partial charge is 0.123 e. The Morgan fingerprint density at radius 3 is 2.57 bits per heavy atom. The summed E-state index contributed by atoms with van der Waals surface area (Å²) in [7, 11) is 0. The lowest BCUT2D eigenvalue weighted by Gasteiger charge is -2.19. The van der Waals surface area contributed by atoms with Crippen LogP contribution in [-0.2, 0) is 17.9 Å². The summed E-state index contributed by atoms with van der Waals surface area (Å²) in [6.45, 7) is 4.96. The van der Waals surface area contributed by atoms with Crippen LogP contribution in [0.15, 0.2) is 66.9 Å². The molecule has 2 nitrogen and oxygen atoms in total. The minimum Gasteiger partial charge on any atom is -0.373 e. The Morgan fingerprint density at radius 1 is 1.04 bits per heavy atom. The maximum Gasteiger partial charge on any atom is 0.123 e. The van der Waals surface area contributed by atoms with Crippen LogP contribution in [0.3, 0.4) is 0 Å². The summed E-state index contributed by atoms with van der Waals surface area (Å²) in [5, 5.41) is 0. The standard InChI is InChI=1S/C20H24FNO/c1-2-12-22(16-19-10-6-11-20(21)15-19)13-7-14-23-17-18-8-4-3-5-9-18/h3-11,13,15H,2,12,14,16-17H2,1H3/b13-7-. The molecule has 0 bridgehead atoms. The average molecular weight is 313 g/mol. The van der Waals surface area contributed by atoms with E-state index in [1.165, 1.54) is 11.6 Å². The lowest BCUT2D eigenvalue weighted by Crippen LogP contribution is -2.17. The Kier molecular flexibility index (Phi) is 7.34. The van der Waals surface area contributed by atoms with Gasteiger partial charge in [-0.15, -0.1) is 0 Å². The van der Waals surface area contributed by atoms with Gasteiger partial charge in [-0.1, -0.05) is 49.4 Å². The molecule has 0 N–H and O–H groups in total. The van der Waals surface area contributed by atoms with Crippen molar-refractivity contribution in [3.8, 4) is 0 Å². The summed E-state index contributed by atoms with van der Waals surface area (Å²) in [5.41, 5.74) is 2.15. The van der Waals surface area contributed by atoms with Gasteiger partial charge in [0.2, 0.25) is 0 Å². The number of hydrogen-bond acceptors (Lipinski definition) is 2. The molecule has 0 aliphatic heterocycles.